The summed E-state index contributed by atoms with van der Waals surface area (Å²) >= 11 is 11.1. The summed E-state index contributed by atoms with van der Waals surface area (Å²) in [5, 5.41) is 7.56. The van der Waals surface area contributed by atoms with Gasteiger partial charge in [0.15, 0.2) is 10.6 Å². The Hall–Kier alpha value is -1.66. The van der Waals surface area contributed by atoms with E-state index in [4.69, 9.17) is 23.8 Å². The number of hydrogen-bond acceptors (Lipinski definition) is 3. The predicted octanol–water partition coefficient (Wildman–Crippen LogP) is 2.74. The van der Waals surface area contributed by atoms with E-state index in [1.165, 1.54) is 0 Å². The summed E-state index contributed by atoms with van der Waals surface area (Å²) in [7, 11) is 1.76. The Bertz CT molecular complexity index is 662. The highest BCUT2D eigenvalue weighted by Crippen LogP contribution is 2.20. The molecule has 1 amide bonds. The molecule has 0 radical (unpaired) electrons. The Morgan fingerprint density at radius 2 is 2.10 bits per heavy atom. The van der Waals surface area contributed by atoms with Crippen LogP contribution in [0.15, 0.2) is 24.3 Å². The minimum atomic E-state index is -0.0137. The van der Waals surface area contributed by atoms with Crippen molar-refractivity contribution < 1.29 is 4.79 Å². The number of amides is 1. The Morgan fingerprint density at radius 1 is 1.45 bits per heavy atom. The van der Waals surface area contributed by atoms with Crippen molar-refractivity contribution in [2.75, 3.05) is 13.6 Å². The molecule has 0 aliphatic carbocycles. The van der Waals surface area contributed by atoms with Gasteiger partial charge in [-0.2, -0.15) is 5.10 Å². The highest BCUT2D eigenvalue weighted by atomic mass is 35.5. The van der Waals surface area contributed by atoms with Gasteiger partial charge in [0, 0.05) is 24.2 Å². The van der Waals surface area contributed by atoms with Crippen LogP contribution < -0.4 is 0 Å². The molecular formula is C13H15ClN4OS. The molecule has 0 fully saturated rings. The molecule has 1 aromatic heterocycles. The van der Waals surface area contributed by atoms with Gasteiger partial charge in [0.25, 0.3) is 0 Å². The van der Waals surface area contributed by atoms with Crippen LogP contribution >= 0.6 is 23.8 Å². The molecule has 20 heavy (non-hydrogen) atoms. The molecule has 0 aliphatic rings. The highest BCUT2D eigenvalue weighted by Gasteiger charge is 2.14. The number of halogens is 1. The lowest BCUT2D eigenvalue weighted by atomic mass is 10.2. The van der Waals surface area contributed by atoms with Gasteiger partial charge in [0.05, 0.1) is 0 Å². The summed E-state index contributed by atoms with van der Waals surface area (Å²) in [5.74, 6) is 0.615. The number of nitrogens with one attached hydrogen (secondary N) is 1. The molecule has 0 atom stereocenters. The van der Waals surface area contributed by atoms with E-state index in [-0.39, 0.29) is 12.5 Å². The first-order chi connectivity index (χ1) is 9.52. The largest absolute Gasteiger partial charge is 0.344 e. The van der Waals surface area contributed by atoms with Crippen LogP contribution in [-0.4, -0.2) is 39.2 Å². The van der Waals surface area contributed by atoms with Gasteiger partial charge in [-0.25, -0.2) is 0 Å². The van der Waals surface area contributed by atoms with Crippen molar-refractivity contribution in [1.82, 2.24) is 19.7 Å². The van der Waals surface area contributed by atoms with E-state index in [1.54, 1.807) is 28.6 Å². The maximum atomic E-state index is 12.0. The van der Waals surface area contributed by atoms with Gasteiger partial charge in [-0.3, -0.25) is 14.5 Å². The second kappa shape index (κ2) is 6.19. The van der Waals surface area contributed by atoms with Gasteiger partial charge in [0.2, 0.25) is 5.91 Å². The summed E-state index contributed by atoms with van der Waals surface area (Å²) in [5.41, 5.74) is 0.855. The predicted molar refractivity (Wildman–Crippen MR) is 81.2 cm³/mol. The Labute approximate surface area is 127 Å². The lowest BCUT2D eigenvalue weighted by molar-refractivity contribution is -0.130. The fourth-order valence-corrected chi connectivity index (χ4v) is 2.04. The zero-order valence-electron chi connectivity index (χ0n) is 11.3. The molecule has 1 aromatic carbocycles. The SMILES string of the molecule is CCN(C)C(=O)Cn1c(-c2ccc(Cl)cc2)n[nH]c1=S. The first kappa shape index (κ1) is 14.7. The topological polar surface area (TPSA) is 53.9 Å². The smallest absolute Gasteiger partial charge is 0.242 e. The van der Waals surface area contributed by atoms with E-state index in [0.717, 1.165) is 5.56 Å². The van der Waals surface area contributed by atoms with Gasteiger partial charge in [0.1, 0.15) is 6.54 Å². The number of H-pyrrole nitrogens is 1. The van der Waals surface area contributed by atoms with Gasteiger partial charge in [-0.15, -0.1) is 0 Å². The molecule has 2 aromatic rings. The number of carbonyl (C=O) groups is 1. The van der Waals surface area contributed by atoms with Crippen LogP contribution in [0.2, 0.25) is 5.02 Å². The zero-order valence-corrected chi connectivity index (χ0v) is 12.8. The van der Waals surface area contributed by atoms with Crippen molar-refractivity contribution in [2.45, 2.75) is 13.5 Å². The van der Waals surface area contributed by atoms with Crippen LogP contribution in [0.3, 0.4) is 0 Å². The second-order valence-corrected chi connectivity index (χ2v) is 5.18. The number of rotatable bonds is 4. The molecule has 0 saturated heterocycles. The van der Waals surface area contributed by atoms with Crippen LogP contribution in [0.5, 0.6) is 0 Å². The lowest BCUT2D eigenvalue weighted by Gasteiger charge is -2.15. The molecule has 0 bridgehead atoms. The Morgan fingerprint density at radius 3 is 2.70 bits per heavy atom. The maximum absolute atomic E-state index is 12.0. The molecule has 1 heterocycles. The monoisotopic (exact) mass is 310 g/mol. The summed E-state index contributed by atoms with van der Waals surface area (Å²) in [4.78, 5) is 13.7. The molecule has 5 nitrogen and oxygen atoms in total. The number of aromatic nitrogens is 3. The van der Waals surface area contributed by atoms with E-state index < -0.39 is 0 Å². The van der Waals surface area contributed by atoms with Gasteiger partial charge in [-0.05, 0) is 43.4 Å². The van der Waals surface area contributed by atoms with Crippen molar-refractivity contribution in [1.29, 1.82) is 0 Å². The lowest BCUT2D eigenvalue weighted by Crippen LogP contribution is -2.30. The van der Waals surface area contributed by atoms with Gasteiger partial charge < -0.3 is 4.90 Å². The Balaban J connectivity index is 2.35. The molecule has 7 heteroatoms. The normalized spacial score (nSPS) is 10.6. The molecule has 106 valence electrons. The van der Waals surface area contributed by atoms with Crippen LogP contribution in [0.1, 0.15) is 6.92 Å². The van der Waals surface area contributed by atoms with Gasteiger partial charge in [-0.1, -0.05) is 11.6 Å². The fourth-order valence-electron chi connectivity index (χ4n) is 1.72. The summed E-state index contributed by atoms with van der Waals surface area (Å²) < 4.78 is 2.11. The number of hydrogen-bond donors (Lipinski definition) is 1. The first-order valence-corrected chi connectivity index (χ1v) is 6.96. The average molecular weight is 311 g/mol. The third-order valence-corrected chi connectivity index (χ3v) is 3.62. The van der Waals surface area contributed by atoms with Crippen LogP contribution in [0, 0.1) is 4.77 Å². The molecular weight excluding hydrogens is 296 g/mol. The number of nitrogens with zero attached hydrogens (tertiary/aromatic N) is 3. The van der Waals surface area contributed by atoms with E-state index in [2.05, 4.69) is 10.2 Å². The molecule has 2 rings (SSSR count). The number of benzene rings is 1. The van der Waals surface area contributed by atoms with E-state index >= 15 is 0 Å². The molecule has 0 spiro atoms. The second-order valence-electron chi connectivity index (χ2n) is 4.35. The standard InChI is InChI=1S/C13H15ClN4OS/c1-3-17(2)11(19)8-18-12(15-16-13(18)20)9-4-6-10(14)7-5-9/h4-7H,3,8H2,1-2H3,(H,16,20). The van der Waals surface area contributed by atoms with Crippen LogP contribution in [-0.2, 0) is 11.3 Å². The summed E-state index contributed by atoms with van der Waals surface area (Å²) in [6, 6.07) is 7.24. The fraction of sp³-hybridized carbons (Fsp3) is 0.308. The minimum absolute atomic E-state index is 0.0137. The van der Waals surface area contributed by atoms with Crippen molar-refractivity contribution >= 4 is 29.7 Å². The minimum Gasteiger partial charge on any atom is -0.344 e. The molecule has 0 saturated carbocycles. The third-order valence-electron chi connectivity index (χ3n) is 3.05. The van der Waals surface area contributed by atoms with Crippen molar-refractivity contribution in [2.24, 2.45) is 0 Å². The number of aromatic amines is 1. The Kier molecular flexibility index (Phi) is 4.57. The molecule has 0 aliphatic heterocycles. The zero-order chi connectivity index (χ0) is 14.7. The number of likely N-dealkylation sites (N-methyl/N-ethyl adjacent to an activating group) is 1. The van der Waals surface area contributed by atoms with Gasteiger partial charge >= 0.3 is 0 Å². The number of carbonyl (C=O) groups excluding carboxylic acids is 1. The quantitative estimate of drug-likeness (QED) is 0.883. The first-order valence-electron chi connectivity index (χ1n) is 6.18. The maximum Gasteiger partial charge on any atom is 0.242 e. The van der Waals surface area contributed by atoms with E-state index in [0.29, 0.717) is 22.2 Å². The highest BCUT2D eigenvalue weighted by molar-refractivity contribution is 7.71. The van der Waals surface area contributed by atoms with Crippen molar-refractivity contribution in [3.63, 3.8) is 0 Å². The van der Waals surface area contributed by atoms with Crippen LogP contribution in [0.25, 0.3) is 11.4 Å². The van der Waals surface area contributed by atoms with Crippen molar-refractivity contribution in [3.8, 4) is 11.4 Å². The molecule has 1 N–H and O–H groups in total. The van der Waals surface area contributed by atoms with E-state index in [1.807, 2.05) is 19.1 Å². The van der Waals surface area contributed by atoms with Crippen LogP contribution in [0.4, 0.5) is 0 Å². The molecule has 0 unspecified atom stereocenters. The third kappa shape index (κ3) is 3.08. The average Bonchev–Trinajstić information content (AvgIpc) is 2.80. The summed E-state index contributed by atoms with van der Waals surface area (Å²) in [6.45, 7) is 2.74. The van der Waals surface area contributed by atoms with E-state index in [9.17, 15) is 4.79 Å². The van der Waals surface area contributed by atoms with Crippen molar-refractivity contribution in [3.05, 3.63) is 34.1 Å². The summed E-state index contributed by atoms with van der Waals surface area (Å²) in [6.07, 6.45) is 0.